The van der Waals surface area contributed by atoms with E-state index in [1.807, 2.05) is 26.2 Å². The van der Waals surface area contributed by atoms with Crippen LogP contribution in [0.15, 0.2) is 29.3 Å². The van der Waals surface area contributed by atoms with Crippen LogP contribution in [0.4, 0.5) is 0 Å². The first-order chi connectivity index (χ1) is 11.2. The fraction of sp³-hybridized carbons (Fsp3) is 0.611. The zero-order valence-electron chi connectivity index (χ0n) is 15.5. The number of guanidine groups is 1. The summed E-state index contributed by atoms with van der Waals surface area (Å²) in [6, 6.07) is 8.16. The molecule has 0 saturated heterocycles. The van der Waals surface area contributed by atoms with Crippen molar-refractivity contribution in [3.63, 3.8) is 0 Å². The van der Waals surface area contributed by atoms with Crippen LogP contribution in [0.1, 0.15) is 32.3 Å². The number of hydrogen-bond acceptors (Lipinski definition) is 3. The largest absolute Gasteiger partial charge is 0.492 e. The maximum atomic E-state index is 5.77. The lowest BCUT2D eigenvalue weighted by atomic mass is 10.2. The monoisotopic (exact) mass is 448 g/mol. The van der Waals surface area contributed by atoms with Crippen molar-refractivity contribution >= 4 is 29.9 Å². The summed E-state index contributed by atoms with van der Waals surface area (Å²) in [5.41, 5.74) is 1.15. The number of likely N-dealkylation sites (N-methyl/N-ethyl adjacent to an activating group) is 1. The highest BCUT2D eigenvalue weighted by molar-refractivity contribution is 14.0. The number of halogens is 1. The summed E-state index contributed by atoms with van der Waals surface area (Å²) in [7, 11) is 4.09. The standard InChI is InChI=1S/C18H32N4O.HI/c1-5-7-11-20-18(19-6-2)21-15-16-9-8-10-17(14-16)23-13-12-22(3)4;/h8-10,14H,5-7,11-13,15H2,1-4H3,(H2,19,20,21);1H. The predicted molar refractivity (Wildman–Crippen MR) is 114 cm³/mol. The van der Waals surface area contributed by atoms with E-state index in [2.05, 4.69) is 46.5 Å². The van der Waals surface area contributed by atoms with Gasteiger partial charge in [0.15, 0.2) is 5.96 Å². The summed E-state index contributed by atoms with van der Waals surface area (Å²) >= 11 is 0. The van der Waals surface area contributed by atoms with Crippen molar-refractivity contribution in [1.82, 2.24) is 15.5 Å². The third kappa shape index (κ3) is 10.7. The van der Waals surface area contributed by atoms with Crippen molar-refractivity contribution in [2.75, 3.05) is 40.3 Å². The molecule has 0 aliphatic carbocycles. The highest BCUT2D eigenvalue weighted by Crippen LogP contribution is 2.14. The summed E-state index contributed by atoms with van der Waals surface area (Å²) < 4.78 is 5.77. The molecule has 0 atom stereocenters. The van der Waals surface area contributed by atoms with Crippen molar-refractivity contribution in [2.24, 2.45) is 4.99 Å². The van der Waals surface area contributed by atoms with Gasteiger partial charge in [0.2, 0.25) is 0 Å². The van der Waals surface area contributed by atoms with E-state index in [1.165, 1.54) is 6.42 Å². The van der Waals surface area contributed by atoms with E-state index in [0.29, 0.717) is 13.2 Å². The van der Waals surface area contributed by atoms with Gasteiger partial charge in [-0.15, -0.1) is 24.0 Å². The summed E-state index contributed by atoms with van der Waals surface area (Å²) in [5.74, 6) is 1.78. The lowest BCUT2D eigenvalue weighted by molar-refractivity contribution is 0.261. The molecule has 0 aliphatic rings. The molecular formula is C18H33IN4O. The SMILES string of the molecule is CCCCNC(=NCc1cccc(OCCN(C)C)c1)NCC.I. The lowest BCUT2D eigenvalue weighted by Gasteiger charge is -2.12. The lowest BCUT2D eigenvalue weighted by Crippen LogP contribution is -2.37. The molecule has 1 aromatic rings. The molecule has 0 saturated carbocycles. The van der Waals surface area contributed by atoms with Gasteiger partial charge in [-0.25, -0.2) is 4.99 Å². The van der Waals surface area contributed by atoms with Gasteiger partial charge in [0, 0.05) is 19.6 Å². The summed E-state index contributed by atoms with van der Waals surface area (Å²) in [6.45, 7) is 8.34. The number of benzene rings is 1. The topological polar surface area (TPSA) is 48.9 Å². The molecule has 1 rings (SSSR count). The molecular weight excluding hydrogens is 415 g/mol. The van der Waals surface area contributed by atoms with Crippen LogP contribution >= 0.6 is 24.0 Å². The molecule has 0 aromatic heterocycles. The fourth-order valence-corrected chi connectivity index (χ4v) is 1.98. The predicted octanol–water partition coefficient (Wildman–Crippen LogP) is 3.10. The number of ether oxygens (including phenoxy) is 1. The Morgan fingerprint density at radius 3 is 2.67 bits per heavy atom. The molecule has 0 spiro atoms. The van der Waals surface area contributed by atoms with Crippen LogP contribution in [0.2, 0.25) is 0 Å². The van der Waals surface area contributed by atoms with E-state index in [9.17, 15) is 0 Å². The molecule has 0 unspecified atom stereocenters. The van der Waals surface area contributed by atoms with Gasteiger partial charge in [0.05, 0.1) is 6.54 Å². The second-order valence-corrected chi connectivity index (χ2v) is 5.77. The van der Waals surface area contributed by atoms with Gasteiger partial charge in [-0.2, -0.15) is 0 Å². The Morgan fingerprint density at radius 1 is 1.21 bits per heavy atom. The van der Waals surface area contributed by atoms with Crippen LogP contribution in [-0.4, -0.2) is 51.2 Å². The second kappa shape index (κ2) is 14.3. The number of nitrogens with zero attached hydrogens (tertiary/aromatic N) is 2. The van der Waals surface area contributed by atoms with E-state index < -0.39 is 0 Å². The summed E-state index contributed by atoms with van der Waals surface area (Å²) in [4.78, 5) is 6.75. The van der Waals surface area contributed by atoms with Crippen LogP contribution in [0.5, 0.6) is 5.75 Å². The number of hydrogen-bond donors (Lipinski definition) is 2. The van der Waals surface area contributed by atoms with Crippen LogP contribution in [0.25, 0.3) is 0 Å². The number of aliphatic imine (C=N–C) groups is 1. The van der Waals surface area contributed by atoms with Gasteiger partial charge in [0.25, 0.3) is 0 Å². The smallest absolute Gasteiger partial charge is 0.191 e. The average Bonchev–Trinajstić information content (AvgIpc) is 2.53. The minimum atomic E-state index is 0. The van der Waals surface area contributed by atoms with Gasteiger partial charge in [-0.3, -0.25) is 0 Å². The maximum Gasteiger partial charge on any atom is 0.191 e. The highest BCUT2D eigenvalue weighted by Gasteiger charge is 2.00. The van der Waals surface area contributed by atoms with Crippen LogP contribution in [0.3, 0.4) is 0 Å². The third-order valence-electron chi connectivity index (χ3n) is 3.29. The maximum absolute atomic E-state index is 5.77. The van der Waals surface area contributed by atoms with Crippen LogP contribution in [-0.2, 0) is 6.54 Å². The number of nitrogens with one attached hydrogen (secondary N) is 2. The van der Waals surface area contributed by atoms with Gasteiger partial charge < -0.3 is 20.3 Å². The van der Waals surface area contributed by atoms with Crippen molar-refractivity contribution in [3.8, 4) is 5.75 Å². The normalized spacial score (nSPS) is 11.1. The first-order valence-corrected chi connectivity index (χ1v) is 8.54. The Morgan fingerprint density at radius 2 is 2.00 bits per heavy atom. The van der Waals surface area contributed by atoms with Gasteiger partial charge in [-0.05, 0) is 45.1 Å². The molecule has 0 aliphatic heterocycles. The molecule has 0 fully saturated rings. The molecule has 0 heterocycles. The van der Waals surface area contributed by atoms with Crippen molar-refractivity contribution in [1.29, 1.82) is 0 Å². The van der Waals surface area contributed by atoms with Crippen molar-refractivity contribution in [2.45, 2.75) is 33.2 Å². The zero-order valence-corrected chi connectivity index (χ0v) is 17.8. The molecule has 1 aromatic carbocycles. The van der Waals surface area contributed by atoms with E-state index in [0.717, 1.165) is 43.3 Å². The minimum Gasteiger partial charge on any atom is -0.492 e. The minimum absolute atomic E-state index is 0. The van der Waals surface area contributed by atoms with E-state index >= 15 is 0 Å². The number of unbranched alkanes of at least 4 members (excludes halogenated alkanes) is 1. The Kier molecular flexibility index (Phi) is 13.7. The van der Waals surface area contributed by atoms with Crippen molar-refractivity contribution in [3.05, 3.63) is 29.8 Å². The van der Waals surface area contributed by atoms with E-state index in [-0.39, 0.29) is 24.0 Å². The molecule has 24 heavy (non-hydrogen) atoms. The molecule has 5 nitrogen and oxygen atoms in total. The quantitative estimate of drug-likeness (QED) is 0.250. The number of rotatable bonds is 10. The van der Waals surface area contributed by atoms with Crippen molar-refractivity contribution < 1.29 is 4.74 Å². The Labute approximate surface area is 164 Å². The first kappa shape index (κ1) is 23.0. The zero-order chi connectivity index (χ0) is 16.9. The second-order valence-electron chi connectivity index (χ2n) is 5.77. The van der Waals surface area contributed by atoms with Crippen LogP contribution < -0.4 is 15.4 Å². The van der Waals surface area contributed by atoms with E-state index in [1.54, 1.807) is 0 Å². The highest BCUT2D eigenvalue weighted by atomic mass is 127. The Hall–Kier alpha value is -1.02. The van der Waals surface area contributed by atoms with Gasteiger partial charge in [0.1, 0.15) is 12.4 Å². The summed E-state index contributed by atoms with van der Waals surface area (Å²) in [6.07, 6.45) is 2.33. The third-order valence-corrected chi connectivity index (χ3v) is 3.29. The fourth-order valence-electron chi connectivity index (χ4n) is 1.98. The first-order valence-electron chi connectivity index (χ1n) is 8.54. The summed E-state index contributed by atoms with van der Waals surface area (Å²) in [5, 5.41) is 6.63. The van der Waals surface area contributed by atoms with Gasteiger partial charge >= 0.3 is 0 Å². The molecule has 0 bridgehead atoms. The molecule has 2 N–H and O–H groups in total. The van der Waals surface area contributed by atoms with E-state index in [4.69, 9.17) is 4.74 Å². The molecule has 0 radical (unpaired) electrons. The molecule has 138 valence electrons. The van der Waals surface area contributed by atoms with Crippen LogP contribution in [0, 0.1) is 0 Å². The molecule has 0 amide bonds. The average molecular weight is 448 g/mol. The van der Waals surface area contributed by atoms with Gasteiger partial charge in [-0.1, -0.05) is 25.5 Å². The Balaban J connectivity index is 0.00000529. The Bertz CT molecular complexity index is 466. The molecule has 6 heteroatoms.